The third-order valence-corrected chi connectivity index (χ3v) is 9.49. The molecular weight excluding hydrogens is 608 g/mol. The third-order valence-electron chi connectivity index (χ3n) is 9.49. The Kier molecular flexibility index (Phi) is 6.81. The lowest BCUT2D eigenvalue weighted by molar-refractivity contribution is -0.220. The van der Waals surface area contributed by atoms with E-state index in [2.05, 4.69) is 0 Å². The molecule has 0 amide bonds. The number of aryl methyl sites for hydroxylation is 2. The summed E-state index contributed by atoms with van der Waals surface area (Å²) < 4.78 is 6.10. The number of aliphatic hydroxyl groups is 3. The van der Waals surface area contributed by atoms with Crippen molar-refractivity contribution in [2.24, 2.45) is 0 Å². The van der Waals surface area contributed by atoms with Gasteiger partial charge in [-0.2, -0.15) is 0 Å². The highest BCUT2D eigenvalue weighted by Gasteiger charge is 2.50. The number of carbonyl (C=O) groups is 3. The number of carbonyl (C=O) groups excluding carboxylic acids is 3. The lowest BCUT2D eigenvalue weighted by Gasteiger charge is -2.45. The number of aliphatic hydroxyl groups excluding tert-OH is 3. The Bertz CT molecular complexity index is 2080. The van der Waals surface area contributed by atoms with Crippen molar-refractivity contribution < 1.29 is 54.9 Å². The molecule has 1 aliphatic heterocycles. The molecule has 1 saturated heterocycles. The number of phenols is 4. The Balaban J connectivity index is 1.56. The van der Waals surface area contributed by atoms with Gasteiger partial charge in [-0.25, -0.2) is 0 Å². The summed E-state index contributed by atoms with van der Waals surface area (Å²) in [7, 11) is 0. The van der Waals surface area contributed by atoms with E-state index in [1.165, 1.54) is 49.4 Å². The summed E-state index contributed by atoms with van der Waals surface area (Å²) in [6.07, 6.45) is -7.17. The average molecular weight is 639 g/mol. The zero-order valence-corrected chi connectivity index (χ0v) is 25.3. The summed E-state index contributed by atoms with van der Waals surface area (Å²) in [6, 6.07) is 11.0. The normalized spacial score (nSPS) is 24.8. The minimum atomic E-state index is -1.72. The van der Waals surface area contributed by atoms with Gasteiger partial charge in [-0.1, -0.05) is 12.1 Å². The summed E-state index contributed by atoms with van der Waals surface area (Å²) in [5.74, 6) is -5.24. The number of benzene rings is 4. The van der Waals surface area contributed by atoms with E-state index in [1.807, 2.05) is 0 Å². The molecule has 6 atom stereocenters. The monoisotopic (exact) mass is 638 g/mol. The fraction of sp³-hybridized carbons (Fsp3) is 0.250. The standard InChI is InChI=1S/C36H30O11/c1-12-8-17-23(21(39)10-12)32(43)28-19(37)6-4-15(25(28)27(17)36-35(46)34(45)30(41)14(3)47-36)16-5-7-20(38)29-26(16)31(42)18-9-13(2)11-22(40)24(18)33(29)44/h4-11,14,27,30,34-41,45-46H,1-3H3. The lowest BCUT2D eigenvalue weighted by atomic mass is 9.68. The molecule has 1 heterocycles. The van der Waals surface area contributed by atoms with Crippen molar-refractivity contribution in [1.29, 1.82) is 0 Å². The van der Waals surface area contributed by atoms with E-state index in [1.54, 1.807) is 19.9 Å². The van der Waals surface area contributed by atoms with Crippen LogP contribution >= 0.6 is 0 Å². The van der Waals surface area contributed by atoms with Crippen LogP contribution in [0.25, 0.3) is 11.1 Å². The smallest absolute Gasteiger partial charge is 0.201 e. The van der Waals surface area contributed by atoms with Crippen LogP contribution in [-0.4, -0.2) is 83.6 Å². The number of hydrogen-bond donors (Lipinski definition) is 7. The van der Waals surface area contributed by atoms with Gasteiger partial charge in [0.2, 0.25) is 11.6 Å². The number of phenolic OH excluding ortho intramolecular Hbond substituents is 4. The molecule has 7 rings (SSSR count). The molecule has 11 heteroatoms. The summed E-state index contributed by atoms with van der Waals surface area (Å²) in [6.45, 7) is 4.81. The molecule has 0 spiro atoms. The van der Waals surface area contributed by atoms with Gasteiger partial charge in [-0.05, 0) is 90.6 Å². The van der Waals surface area contributed by atoms with Crippen molar-refractivity contribution in [3.63, 3.8) is 0 Å². The quantitative estimate of drug-likeness (QED) is 0.150. The van der Waals surface area contributed by atoms with Gasteiger partial charge in [0.25, 0.3) is 0 Å². The first-order chi connectivity index (χ1) is 22.2. The zero-order chi connectivity index (χ0) is 33.8. The molecule has 0 bridgehead atoms. The van der Waals surface area contributed by atoms with Crippen molar-refractivity contribution >= 4 is 17.3 Å². The molecular formula is C36H30O11. The van der Waals surface area contributed by atoms with Crippen LogP contribution in [0.5, 0.6) is 23.0 Å². The highest BCUT2D eigenvalue weighted by molar-refractivity contribution is 6.32. The molecule has 4 aromatic rings. The van der Waals surface area contributed by atoms with E-state index in [4.69, 9.17) is 4.74 Å². The topological polar surface area (TPSA) is 202 Å². The minimum absolute atomic E-state index is 0.0679. The van der Waals surface area contributed by atoms with Crippen molar-refractivity contribution in [1.82, 2.24) is 0 Å². The van der Waals surface area contributed by atoms with Crippen molar-refractivity contribution in [3.05, 3.63) is 104 Å². The third kappa shape index (κ3) is 4.24. The second-order valence-electron chi connectivity index (χ2n) is 12.5. The predicted molar refractivity (Wildman–Crippen MR) is 165 cm³/mol. The minimum Gasteiger partial charge on any atom is -0.507 e. The van der Waals surface area contributed by atoms with E-state index in [0.29, 0.717) is 11.1 Å². The van der Waals surface area contributed by atoms with Crippen LogP contribution in [-0.2, 0) is 4.74 Å². The summed E-state index contributed by atoms with van der Waals surface area (Å²) in [5, 5.41) is 76.4. The van der Waals surface area contributed by atoms with Crippen LogP contribution in [0.3, 0.4) is 0 Å². The molecule has 240 valence electrons. The maximum Gasteiger partial charge on any atom is 0.201 e. The Labute approximate surface area is 267 Å². The maximum atomic E-state index is 14.2. The second-order valence-corrected chi connectivity index (χ2v) is 12.5. The number of fused-ring (bicyclic) bond motifs is 4. The molecule has 0 saturated carbocycles. The van der Waals surface area contributed by atoms with Crippen LogP contribution < -0.4 is 0 Å². The Morgan fingerprint density at radius 3 is 1.81 bits per heavy atom. The zero-order valence-electron chi connectivity index (χ0n) is 25.3. The van der Waals surface area contributed by atoms with Crippen LogP contribution in [0.4, 0.5) is 0 Å². The SMILES string of the molecule is Cc1cc(O)c2c(c1)C(=O)c1c(-c3ccc(O)c4c3C(C3OC(C)C(O)C(O)C3O)c3cc(C)cc(O)c3C4=O)ccc(O)c1C2=O. The van der Waals surface area contributed by atoms with E-state index in [0.717, 1.165) is 0 Å². The molecule has 4 aromatic carbocycles. The molecule has 3 aliphatic rings. The molecule has 0 radical (unpaired) electrons. The average Bonchev–Trinajstić information content (AvgIpc) is 3.00. The maximum absolute atomic E-state index is 14.2. The van der Waals surface area contributed by atoms with E-state index < -0.39 is 71.0 Å². The number of rotatable bonds is 2. The van der Waals surface area contributed by atoms with Crippen molar-refractivity contribution in [2.45, 2.75) is 57.2 Å². The van der Waals surface area contributed by atoms with Crippen LogP contribution in [0.2, 0.25) is 0 Å². The van der Waals surface area contributed by atoms with Crippen molar-refractivity contribution in [3.8, 4) is 34.1 Å². The highest BCUT2D eigenvalue weighted by Crippen LogP contribution is 2.52. The van der Waals surface area contributed by atoms with Gasteiger partial charge in [0.1, 0.15) is 41.3 Å². The van der Waals surface area contributed by atoms with Gasteiger partial charge < -0.3 is 40.5 Å². The lowest BCUT2D eigenvalue weighted by Crippen LogP contribution is -2.58. The van der Waals surface area contributed by atoms with Gasteiger partial charge in [-0.3, -0.25) is 14.4 Å². The Hall–Kier alpha value is -5.07. The molecule has 1 fully saturated rings. The first kappa shape index (κ1) is 30.6. The van der Waals surface area contributed by atoms with Gasteiger partial charge >= 0.3 is 0 Å². The summed E-state index contributed by atoms with van der Waals surface area (Å²) in [5.41, 5.74) is 0.205. The van der Waals surface area contributed by atoms with E-state index in [9.17, 15) is 50.1 Å². The number of hydrogen-bond acceptors (Lipinski definition) is 11. The second kappa shape index (κ2) is 10.5. The van der Waals surface area contributed by atoms with Crippen molar-refractivity contribution in [2.75, 3.05) is 0 Å². The first-order valence-electron chi connectivity index (χ1n) is 15.0. The Morgan fingerprint density at radius 1 is 0.553 bits per heavy atom. The molecule has 2 aliphatic carbocycles. The van der Waals surface area contributed by atoms with Gasteiger partial charge in [0.05, 0.1) is 34.5 Å². The highest BCUT2D eigenvalue weighted by atomic mass is 16.5. The van der Waals surface area contributed by atoms with Gasteiger partial charge in [0.15, 0.2) is 5.78 Å². The molecule has 47 heavy (non-hydrogen) atoms. The molecule has 7 N–H and O–H groups in total. The molecule has 11 nitrogen and oxygen atoms in total. The first-order valence-corrected chi connectivity index (χ1v) is 15.0. The van der Waals surface area contributed by atoms with E-state index >= 15 is 0 Å². The van der Waals surface area contributed by atoms with Crippen LogP contribution in [0.15, 0.2) is 48.5 Å². The Morgan fingerprint density at radius 2 is 1.13 bits per heavy atom. The fourth-order valence-electron chi connectivity index (χ4n) is 7.40. The van der Waals surface area contributed by atoms with Crippen LogP contribution in [0.1, 0.15) is 82.9 Å². The summed E-state index contributed by atoms with van der Waals surface area (Å²) in [4.78, 5) is 42.1. The summed E-state index contributed by atoms with van der Waals surface area (Å²) >= 11 is 0. The van der Waals surface area contributed by atoms with Gasteiger partial charge in [0, 0.05) is 17.0 Å². The number of ketones is 3. The molecule has 0 aromatic heterocycles. The largest absolute Gasteiger partial charge is 0.507 e. The fourth-order valence-corrected chi connectivity index (χ4v) is 7.40. The van der Waals surface area contributed by atoms with E-state index in [-0.39, 0.29) is 61.4 Å². The predicted octanol–water partition coefficient (Wildman–Crippen LogP) is 3.11. The molecule has 6 unspecified atom stereocenters. The van der Waals surface area contributed by atoms with Crippen LogP contribution in [0, 0.1) is 13.8 Å². The number of aromatic hydroxyl groups is 4. The van der Waals surface area contributed by atoms with Gasteiger partial charge in [-0.15, -0.1) is 0 Å². The number of ether oxygens (including phenoxy) is 1.